The number of halogens is 4. The van der Waals surface area contributed by atoms with Crippen LogP contribution in [0.25, 0.3) is 0 Å². The fourth-order valence-corrected chi connectivity index (χ4v) is 1.29. The van der Waals surface area contributed by atoms with Crippen LogP contribution in [0.3, 0.4) is 0 Å². The van der Waals surface area contributed by atoms with E-state index < -0.39 is 23.5 Å². The second-order valence-corrected chi connectivity index (χ2v) is 3.16. The maximum atomic E-state index is 13.1. The van der Waals surface area contributed by atoms with E-state index >= 15 is 0 Å². The Labute approximate surface area is 92.9 Å². The number of hydrogen-bond donors (Lipinski definition) is 1. The Balaban J connectivity index is 0.00000196. The van der Waals surface area contributed by atoms with E-state index in [1.807, 2.05) is 6.92 Å². The number of rotatable bonds is 3. The Morgan fingerprint density at radius 2 is 1.80 bits per heavy atom. The van der Waals surface area contributed by atoms with Crippen LogP contribution >= 0.6 is 12.4 Å². The van der Waals surface area contributed by atoms with Crippen molar-refractivity contribution in [3.8, 4) is 0 Å². The average molecular weight is 240 g/mol. The molecule has 0 fully saturated rings. The predicted molar refractivity (Wildman–Crippen MR) is 55.4 cm³/mol. The smallest absolute Gasteiger partial charge is 0.194 e. The number of nitrogens with two attached hydrogens (primary N) is 1. The topological polar surface area (TPSA) is 26.0 Å². The molecule has 5 heteroatoms. The van der Waals surface area contributed by atoms with Crippen LogP contribution in [0.5, 0.6) is 0 Å². The summed E-state index contributed by atoms with van der Waals surface area (Å²) in [6.07, 6.45) is 1.31. The van der Waals surface area contributed by atoms with Crippen LogP contribution in [0.4, 0.5) is 13.2 Å². The Bertz CT molecular complexity index is 331. The largest absolute Gasteiger partial charge is 0.324 e. The molecule has 0 saturated heterocycles. The minimum Gasteiger partial charge on any atom is -0.324 e. The molecular formula is C10H13ClF3N. The first-order valence-corrected chi connectivity index (χ1v) is 4.46. The minimum atomic E-state index is -1.45. The molecule has 0 aliphatic carbocycles. The van der Waals surface area contributed by atoms with E-state index in [4.69, 9.17) is 5.73 Å². The molecule has 0 bridgehead atoms. The monoisotopic (exact) mass is 239 g/mol. The fourth-order valence-electron chi connectivity index (χ4n) is 1.29. The molecule has 1 aromatic rings. The van der Waals surface area contributed by atoms with Gasteiger partial charge in [0.1, 0.15) is 0 Å². The Hall–Kier alpha value is -0.740. The first-order valence-electron chi connectivity index (χ1n) is 4.46. The minimum absolute atomic E-state index is 0. The summed E-state index contributed by atoms with van der Waals surface area (Å²) in [6.45, 7) is 1.89. The van der Waals surface area contributed by atoms with E-state index in [0.717, 1.165) is 12.5 Å². The van der Waals surface area contributed by atoms with Crippen molar-refractivity contribution in [2.24, 2.45) is 5.73 Å². The normalized spacial score (nSPS) is 12.1. The maximum absolute atomic E-state index is 13.1. The summed E-state index contributed by atoms with van der Waals surface area (Å²) in [6, 6.07) is 1.51. The molecule has 1 nitrogen and oxygen atoms in total. The Morgan fingerprint density at radius 3 is 2.33 bits per heavy atom. The zero-order valence-electron chi connectivity index (χ0n) is 8.27. The molecule has 86 valence electrons. The van der Waals surface area contributed by atoms with Crippen LogP contribution < -0.4 is 5.73 Å². The van der Waals surface area contributed by atoms with Crippen molar-refractivity contribution in [1.29, 1.82) is 0 Å². The van der Waals surface area contributed by atoms with Gasteiger partial charge in [-0.1, -0.05) is 19.4 Å². The van der Waals surface area contributed by atoms with E-state index in [1.165, 1.54) is 6.07 Å². The van der Waals surface area contributed by atoms with Crippen molar-refractivity contribution < 1.29 is 13.2 Å². The first-order chi connectivity index (χ1) is 6.57. The maximum Gasteiger partial charge on any atom is 0.194 e. The van der Waals surface area contributed by atoms with E-state index in [1.54, 1.807) is 0 Å². The molecule has 0 unspecified atom stereocenters. The van der Waals surface area contributed by atoms with Crippen LogP contribution in [0.15, 0.2) is 12.1 Å². The second-order valence-electron chi connectivity index (χ2n) is 3.16. The van der Waals surface area contributed by atoms with Gasteiger partial charge >= 0.3 is 0 Å². The molecule has 0 spiro atoms. The average Bonchev–Trinajstić information content (AvgIpc) is 2.15. The molecule has 1 atom stereocenters. The van der Waals surface area contributed by atoms with Crippen LogP contribution in [0.1, 0.15) is 31.4 Å². The molecule has 1 aromatic carbocycles. The van der Waals surface area contributed by atoms with Gasteiger partial charge in [0.25, 0.3) is 0 Å². The van der Waals surface area contributed by atoms with Gasteiger partial charge in [0.15, 0.2) is 17.5 Å². The number of benzene rings is 1. The second kappa shape index (κ2) is 5.98. The molecule has 0 aliphatic rings. The van der Waals surface area contributed by atoms with Gasteiger partial charge in [-0.2, -0.15) is 0 Å². The van der Waals surface area contributed by atoms with Crippen molar-refractivity contribution in [1.82, 2.24) is 0 Å². The van der Waals surface area contributed by atoms with Crippen molar-refractivity contribution in [2.75, 3.05) is 0 Å². The van der Waals surface area contributed by atoms with Crippen molar-refractivity contribution >= 4 is 12.4 Å². The summed E-state index contributed by atoms with van der Waals surface area (Å²) < 4.78 is 38.5. The summed E-state index contributed by atoms with van der Waals surface area (Å²) in [5, 5.41) is 0. The highest BCUT2D eigenvalue weighted by Crippen LogP contribution is 2.22. The Morgan fingerprint density at radius 1 is 1.20 bits per heavy atom. The lowest BCUT2D eigenvalue weighted by Gasteiger charge is -2.11. The molecule has 0 aromatic heterocycles. The van der Waals surface area contributed by atoms with Gasteiger partial charge in [0.05, 0.1) is 0 Å². The standard InChI is InChI=1S/C10H12F3N.ClH/c1-2-3-8(14)6-4-5-7(11)10(13)9(6)12;/h4-5,8H,2-3,14H2,1H3;1H/t8-;/m0./s1. The summed E-state index contributed by atoms with van der Waals surface area (Å²) in [7, 11) is 0. The van der Waals surface area contributed by atoms with E-state index in [9.17, 15) is 13.2 Å². The van der Waals surface area contributed by atoms with Gasteiger partial charge in [-0.3, -0.25) is 0 Å². The third-order valence-corrected chi connectivity index (χ3v) is 2.06. The number of hydrogen-bond acceptors (Lipinski definition) is 1. The van der Waals surface area contributed by atoms with E-state index in [0.29, 0.717) is 6.42 Å². The van der Waals surface area contributed by atoms with Gasteiger partial charge in [-0.25, -0.2) is 13.2 Å². The van der Waals surface area contributed by atoms with Crippen LogP contribution in [-0.4, -0.2) is 0 Å². The van der Waals surface area contributed by atoms with E-state index in [-0.39, 0.29) is 18.0 Å². The lowest BCUT2D eigenvalue weighted by molar-refractivity contribution is 0.433. The molecule has 0 heterocycles. The van der Waals surface area contributed by atoms with Gasteiger partial charge in [-0.15, -0.1) is 12.4 Å². The van der Waals surface area contributed by atoms with Gasteiger partial charge in [-0.05, 0) is 12.5 Å². The van der Waals surface area contributed by atoms with E-state index in [2.05, 4.69) is 0 Å². The highest BCUT2D eigenvalue weighted by Gasteiger charge is 2.17. The summed E-state index contributed by atoms with van der Waals surface area (Å²) >= 11 is 0. The lowest BCUT2D eigenvalue weighted by Crippen LogP contribution is -2.13. The molecular weight excluding hydrogens is 227 g/mol. The molecule has 2 N–H and O–H groups in total. The molecule has 1 rings (SSSR count). The first kappa shape index (κ1) is 14.3. The van der Waals surface area contributed by atoms with Gasteiger partial charge < -0.3 is 5.73 Å². The Kier molecular flexibility index (Phi) is 5.68. The van der Waals surface area contributed by atoms with Crippen molar-refractivity contribution in [2.45, 2.75) is 25.8 Å². The van der Waals surface area contributed by atoms with Crippen LogP contribution in [0.2, 0.25) is 0 Å². The SMILES string of the molecule is CCC[C@H](N)c1ccc(F)c(F)c1F.Cl. The zero-order chi connectivity index (χ0) is 10.7. The van der Waals surface area contributed by atoms with Crippen LogP contribution in [-0.2, 0) is 0 Å². The summed E-state index contributed by atoms with van der Waals surface area (Å²) in [4.78, 5) is 0. The summed E-state index contributed by atoms with van der Waals surface area (Å²) in [5.74, 6) is -3.81. The summed E-state index contributed by atoms with van der Waals surface area (Å²) in [5.41, 5.74) is 5.63. The molecule has 0 aliphatic heterocycles. The third kappa shape index (κ3) is 3.11. The van der Waals surface area contributed by atoms with Crippen molar-refractivity contribution in [3.05, 3.63) is 35.1 Å². The van der Waals surface area contributed by atoms with Crippen molar-refractivity contribution in [3.63, 3.8) is 0 Å². The highest BCUT2D eigenvalue weighted by molar-refractivity contribution is 5.85. The lowest BCUT2D eigenvalue weighted by atomic mass is 10.0. The van der Waals surface area contributed by atoms with Crippen LogP contribution in [0, 0.1) is 17.5 Å². The predicted octanol–water partition coefficient (Wildman–Crippen LogP) is 3.33. The fraction of sp³-hybridized carbons (Fsp3) is 0.400. The highest BCUT2D eigenvalue weighted by atomic mass is 35.5. The zero-order valence-corrected chi connectivity index (χ0v) is 9.08. The third-order valence-electron chi connectivity index (χ3n) is 2.06. The molecule has 15 heavy (non-hydrogen) atoms. The molecule has 0 radical (unpaired) electrons. The van der Waals surface area contributed by atoms with Gasteiger partial charge in [0, 0.05) is 11.6 Å². The molecule has 0 amide bonds. The quantitative estimate of drug-likeness (QED) is 0.805. The molecule has 0 saturated carbocycles. The van der Waals surface area contributed by atoms with Gasteiger partial charge in [0.2, 0.25) is 0 Å².